The Morgan fingerprint density at radius 1 is 1.28 bits per heavy atom. The van der Waals surface area contributed by atoms with Crippen molar-refractivity contribution in [2.45, 2.75) is 43.4 Å². The Kier molecular flexibility index (Phi) is 4.19. The van der Waals surface area contributed by atoms with Crippen LogP contribution in [-0.2, 0) is 14.3 Å². The van der Waals surface area contributed by atoms with Crippen LogP contribution >= 0.6 is 23.2 Å². The lowest BCUT2D eigenvalue weighted by Crippen LogP contribution is -2.56. The number of carbonyl (C=O) groups is 2. The molecule has 0 aromatic carbocycles. The summed E-state index contributed by atoms with van der Waals surface area (Å²) in [7, 11) is 0. The molecule has 1 N–H and O–H groups in total. The highest BCUT2D eigenvalue weighted by Crippen LogP contribution is 2.64. The highest BCUT2D eigenvalue weighted by molar-refractivity contribution is 6.32. The van der Waals surface area contributed by atoms with Crippen LogP contribution in [0, 0.1) is 17.3 Å². The predicted molar refractivity (Wildman–Crippen MR) is 94.5 cm³/mol. The van der Waals surface area contributed by atoms with E-state index in [1.54, 1.807) is 12.1 Å². The largest absolute Gasteiger partial charge is 0.455 e. The van der Waals surface area contributed by atoms with Gasteiger partial charge < -0.3 is 10.1 Å². The average molecular weight is 383 g/mol. The highest BCUT2D eigenvalue weighted by atomic mass is 35.5. The first-order valence-electron chi connectivity index (χ1n) is 8.64. The van der Waals surface area contributed by atoms with Crippen molar-refractivity contribution in [1.82, 2.24) is 4.98 Å². The van der Waals surface area contributed by atoms with Gasteiger partial charge in [-0.15, -0.1) is 11.6 Å². The molecule has 0 aliphatic heterocycles. The fourth-order valence-electron chi connectivity index (χ4n) is 5.34. The standard InChI is InChI=1S/C18H20Cl2N2O3/c19-15-13(2-1-3-21-15)22-14(23)9-25-16(24)17-5-11-4-12(6-17)8-18(20,7-11)10-17/h1-3,11-12H,4-10H2,(H,22,23)/t11-,12+,17?,18?. The first-order valence-corrected chi connectivity index (χ1v) is 9.40. The molecule has 134 valence electrons. The van der Waals surface area contributed by atoms with Crippen LogP contribution in [0.3, 0.4) is 0 Å². The van der Waals surface area contributed by atoms with Gasteiger partial charge in [0.1, 0.15) is 0 Å². The second-order valence-electron chi connectivity index (χ2n) is 7.86. The molecule has 1 amide bonds. The Labute approximate surface area is 156 Å². The number of anilines is 1. The molecule has 2 unspecified atom stereocenters. The van der Waals surface area contributed by atoms with E-state index in [1.165, 1.54) is 12.6 Å². The molecule has 4 atom stereocenters. The lowest BCUT2D eigenvalue weighted by atomic mass is 9.49. The number of carbonyl (C=O) groups excluding carboxylic acids is 2. The van der Waals surface area contributed by atoms with Crippen molar-refractivity contribution in [3.63, 3.8) is 0 Å². The van der Waals surface area contributed by atoms with E-state index in [-0.39, 0.29) is 22.6 Å². The van der Waals surface area contributed by atoms with Gasteiger partial charge in [-0.2, -0.15) is 0 Å². The van der Waals surface area contributed by atoms with E-state index in [0.29, 0.717) is 23.9 Å². The Bertz CT molecular complexity index is 710. The molecule has 1 aromatic heterocycles. The van der Waals surface area contributed by atoms with Crippen molar-refractivity contribution in [2.75, 3.05) is 11.9 Å². The van der Waals surface area contributed by atoms with Gasteiger partial charge in [0.25, 0.3) is 5.91 Å². The lowest BCUT2D eigenvalue weighted by Gasteiger charge is -2.58. The van der Waals surface area contributed by atoms with E-state index in [0.717, 1.165) is 25.7 Å². The molecule has 4 aliphatic rings. The first kappa shape index (κ1) is 17.1. The van der Waals surface area contributed by atoms with Crippen LogP contribution in [0.15, 0.2) is 18.3 Å². The third-order valence-electron chi connectivity index (χ3n) is 5.79. The lowest BCUT2D eigenvalue weighted by molar-refractivity contribution is -0.171. The second-order valence-corrected chi connectivity index (χ2v) is 9.02. The molecule has 1 heterocycles. The summed E-state index contributed by atoms with van der Waals surface area (Å²) < 4.78 is 5.37. The molecule has 5 nitrogen and oxygen atoms in total. The van der Waals surface area contributed by atoms with Gasteiger partial charge in [0.05, 0.1) is 11.1 Å². The summed E-state index contributed by atoms with van der Waals surface area (Å²) in [6.07, 6.45) is 7.06. The molecule has 4 fully saturated rings. The third kappa shape index (κ3) is 3.24. The van der Waals surface area contributed by atoms with Gasteiger partial charge in [0, 0.05) is 11.1 Å². The zero-order valence-electron chi connectivity index (χ0n) is 13.8. The Balaban J connectivity index is 1.38. The van der Waals surface area contributed by atoms with Gasteiger partial charge in [-0.25, -0.2) is 4.98 Å². The number of rotatable bonds is 4. The monoisotopic (exact) mass is 382 g/mol. The molecule has 25 heavy (non-hydrogen) atoms. The third-order valence-corrected chi connectivity index (χ3v) is 6.53. The van der Waals surface area contributed by atoms with Gasteiger partial charge >= 0.3 is 5.97 Å². The number of hydrogen-bond acceptors (Lipinski definition) is 4. The quantitative estimate of drug-likeness (QED) is 0.488. The maximum absolute atomic E-state index is 12.8. The van der Waals surface area contributed by atoms with E-state index in [4.69, 9.17) is 27.9 Å². The van der Waals surface area contributed by atoms with Crippen LogP contribution in [0.4, 0.5) is 5.69 Å². The number of nitrogens with one attached hydrogen (secondary N) is 1. The van der Waals surface area contributed by atoms with Crippen LogP contribution in [-0.4, -0.2) is 28.3 Å². The van der Waals surface area contributed by atoms with Crippen molar-refractivity contribution in [2.24, 2.45) is 17.3 Å². The van der Waals surface area contributed by atoms with Crippen LogP contribution in [0.25, 0.3) is 0 Å². The van der Waals surface area contributed by atoms with E-state index >= 15 is 0 Å². The number of esters is 1. The number of aromatic nitrogens is 1. The smallest absolute Gasteiger partial charge is 0.312 e. The molecule has 4 saturated carbocycles. The molecule has 1 aromatic rings. The normalized spacial score (nSPS) is 35.4. The Morgan fingerprint density at radius 2 is 2.00 bits per heavy atom. The molecule has 4 aliphatic carbocycles. The minimum atomic E-state index is -0.502. The summed E-state index contributed by atoms with van der Waals surface area (Å²) in [5.74, 6) is 0.316. The second kappa shape index (κ2) is 6.13. The maximum Gasteiger partial charge on any atom is 0.312 e. The molecule has 4 bridgehead atoms. The van der Waals surface area contributed by atoms with Gasteiger partial charge in [-0.05, 0) is 62.5 Å². The van der Waals surface area contributed by atoms with Crippen LogP contribution in [0.2, 0.25) is 5.15 Å². The molecular formula is C18H20Cl2N2O3. The van der Waals surface area contributed by atoms with Crippen molar-refractivity contribution in [3.05, 3.63) is 23.5 Å². The molecule has 5 rings (SSSR count). The van der Waals surface area contributed by atoms with Crippen LogP contribution in [0.5, 0.6) is 0 Å². The van der Waals surface area contributed by atoms with Crippen molar-refractivity contribution in [1.29, 1.82) is 0 Å². The summed E-state index contributed by atoms with van der Waals surface area (Å²) >= 11 is 12.7. The summed E-state index contributed by atoms with van der Waals surface area (Å²) in [6.45, 7) is -0.323. The molecule has 0 saturated heterocycles. The predicted octanol–water partition coefficient (Wildman–Crippen LogP) is 3.79. The number of halogens is 2. The molecular weight excluding hydrogens is 363 g/mol. The topological polar surface area (TPSA) is 68.3 Å². The van der Waals surface area contributed by atoms with Crippen LogP contribution in [0.1, 0.15) is 38.5 Å². The fraction of sp³-hybridized carbons (Fsp3) is 0.611. The zero-order valence-corrected chi connectivity index (χ0v) is 15.3. The molecule has 7 heteroatoms. The number of alkyl halides is 1. The summed E-state index contributed by atoms with van der Waals surface area (Å²) in [6, 6.07) is 3.31. The van der Waals surface area contributed by atoms with E-state index in [9.17, 15) is 9.59 Å². The number of hydrogen-bond donors (Lipinski definition) is 1. The van der Waals surface area contributed by atoms with E-state index in [2.05, 4.69) is 10.3 Å². The SMILES string of the molecule is O=C(COC(=O)C12C[C@@H]3C[C@@H](CC(Cl)(C3)C1)C2)Nc1cccnc1Cl. The number of pyridine rings is 1. The van der Waals surface area contributed by atoms with E-state index < -0.39 is 11.3 Å². The Morgan fingerprint density at radius 3 is 2.64 bits per heavy atom. The molecule has 0 radical (unpaired) electrons. The van der Waals surface area contributed by atoms with Crippen molar-refractivity contribution >= 4 is 40.8 Å². The average Bonchev–Trinajstić information content (AvgIpc) is 2.52. The zero-order chi connectivity index (χ0) is 17.7. The van der Waals surface area contributed by atoms with Crippen LogP contribution < -0.4 is 5.32 Å². The minimum Gasteiger partial charge on any atom is -0.455 e. The summed E-state index contributed by atoms with van der Waals surface area (Å²) in [4.78, 5) is 28.5. The van der Waals surface area contributed by atoms with Gasteiger partial charge in [0.15, 0.2) is 11.8 Å². The summed E-state index contributed by atoms with van der Waals surface area (Å²) in [5.41, 5.74) is -0.0994. The number of nitrogens with zero attached hydrogens (tertiary/aromatic N) is 1. The van der Waals surface area contributed by atoms with Gasteiger partial charge in [-0.1, -0.05) is 11.6 Å². The van der Waals surface area contributed by atoms with E-state index in [1.807, 2.05) is 0 Å². The number of amides is 1. The molecule has 0 spiro atoms. The minimum absolute atomic E-state index is 0.201. The van der Waals surface area contributed by atoms with Crippen molar-refractivity contribution in [3.8, 4) is 0 Å². The highest BCUT2D eigenvalue weighted by Gasteiger charge is 2.60. The number of ether oxygens (including phenoxy) is 1. The Hall–Kier alpha value is -1.33. The first-order chi connectivity index (χ1) is 11.9. The summed E-state index contributed by atoms with van der Waals surface area (Å²) in [5, 5.41) is 2.81. The van der Waals surface area contributed by atoms with Gasteiger partial charge in [0.2, 0.25) is 0 Å². The maximum atomic E-state index is 12.8. The fourth-order valence-corrected chi connectivity index (χ4v) is 6.20. The van der Waals surface area contributed by atoms with Crippen molar-refractivity contribution < 1.29 is 14.3 Å². The van der Waals surface area contributed by atoms with Gasteiger partial charge in [-0.3, -0.25) is 9.59 Å².